The molecule has 2 N–H and O–H groups in total. The van der Waals surface area contributed by atoms with Crippen molar-refractivity contribution in [2.24, 2.45) is 0 Å². The summed E-state index contributed by atoms with van der Waals surface area (Å²) in [5, 5.41) is 6.19. The van der Waals surface area contributed by atoms with Crippen LogP contribution >= 0.6 is 0 Å². The van der Waals surface area contributed by atoms with Gasteiger partial charge in [0.15, 0.2) is 0 Å². The monoisotopic (exact) mass is 563 g/mol. The summed E-state index contributed by atoms with van der Waals surface area (Å²) >= 11 is 0. The van der Waals surface area contributed by atoms with Gasteiger partial charge >= 0.3 is 6.09 Å². The van der Waals surface area contributed by atoms with Crippen molar-refractivity contribution in [3.8, 4) is 17.0 Å². The fraction of sp³-hybridized carbons (Fsp3) is 0.387. The molecule has 10 heteroatoms. The molecule has 2 aromatic carbocycles. The quantitative estimate of drug-likeness (QED) is 0.355. The third-order valence-electron chi connectivity index (χ3n) is 7.07. The fourth-order valence-corrected chi connectivity index (χ4v) is 4.87. The molecule has 9 nitrogen and oxygen atoms in total. The highest BCUT2D eigenvalue weighted by Crippen LogP contribution is 2.36. The maximum atomic E-state index is 16.4. The van der Waals surface area contributed by atoms with Gasteiger partial charge in [-0.05, 0) is 43.2 Å². The zero-order chi connectivity index (χ0) is 29.2. The lowest BCUT2D eigenvalue weighted by molar-refractivity contribution is 0.0923. The minimum Gasteiger partial charge on any atom is -0.478 e. The van der Waals surface area contributed by atoms with Gasteiger partial charge in [-0.15, -0.1) is 0 Å². The van der Waals surface area contributed by atoms with Gasteiger partial charge in [0.2, 0.25) is 5.88 Å². The van der Waals surface area contributed by atoms with E-state index in [0.29, 0.717) is 30.3 Å². The number of carbonyl (C=O) groups excluding carboxylic acids is 2. The maximum absolute atomic E-state index is 16.4. The number of aromatic nitrogens is 1. The minimum absolute atomic E-state index is 0.0385. The molecule has 0 saturated carbocycles. The zero-order valence-corrected chi connectivity index (χ0v) is 23.9. The molecule has 1 atom stereocenters. The second-order valence-corrected chi connectivity index (χ2v) is 9.79. The van der Waals surface area contributed by atoms with Crippen molar-refractivity contribution in [1.29, 1.82) is 0 Å². The molecule has 0 bridgehead atoms. The maximum Gasteiger partial charge on any atom is 0.409 e. The second-order valence-electron chi connectivity index (χ2n) is 9.79. The van der Waals surface area contributed by atoms with E-state index in [9.17, 15) is 9.59 Å². The van der Waals surface area contributed by atoms with Crippen LogP contribution in [0.3, 0.4) is 0 Å². The molecule has 2 amide bonds. The van der Waals surface area contributed by atoms with Crippen molar-refractivity contribution in [3.05, 3.63) is 77.7 Å². The van der Waals surface area contributed by atoms with Crippen molar-refractivity contribution in [2.75, 3.05) is 51.3 Å². The topological polar surface area (TPSA) is 96.0 Å². The molecule has 218 valence electrons. The molecule has 4 rings (SSSR count). The van der Waals surface area contributed by atoms with Crippen LogP contribution in [0.2, 0.25) is 0 Å². The number of anilines is 1. The molecule has 1 saturated heterocycles. The fourth-order valence-electron chi connectivity index (χ4n) is 4.87. The van der Waals surface area contributed by atoms with Crippen LogP contribution in [0.15, 0.2) is 60.8 Å². The van der Waals surface area contributed by atoms with Crippen LogP contribution in [-0.4, -0.2) is 74.3 Å². The number of nitrogens with one attached hydrogen (secondary N) is 2. The minimum atomic E-state index is -0.641. The molecule has 2 heterocycles. The van der Waals surface area contributed by atoms with Crippen LogP contribution in [0.5, 0.6) is 5.88 Å². The number of amides is 2. The molecule has 41 heavy (non-hydrogen) atoms. The molecular weight excluding hydrogens is 525 g/mol. The summed E-state index contributed by atoms with van der Waals surface area (Å²) < 4.78 is 27.4. The van der Waals surface area contributed by atoms with Crippen LogP contribution < -0.4 is 20.3 Å². The van der Waals surface area contributed by atoms with Gasteiger partial charge in [-0.3, -0.25) is 4.79 Å². The molecule has 3 aromatic rings. The Morgan fingerprint density at radius 1 is 1.12 bits per heavy atom. The number of piperazine rings is 1. The van der Waals surface area contributed by atoms with Crippen LogP contribution in [-0.2, 0) is 11.3 Å². The average Bonchev–Trinajstić information content (AvgIpc) is 3.00. The highest BCUT2D eigenvalue weighted by Gasteiger charge is 2.29. The van der Waals surface area contributed by atoms with Crippen LogP contribution in [0.25, 0.3) is 11.1 Å². The molecule has 1 aliphatic rings. The molecule has 0 radical (unpaired) electrons. The molecule has 0 unspecified atom stereocenters. The average molecular weight is 564 g/mol. The van der Waals surface area contributed by atoms with Crippen LogP contribution in [0, 0.1) is 5.82 Å². The lowest BCUT2D eigenvalue weighted by atomic mass is 9.98. The van der Waals surface area contributed by atoms with Gasteiger partial charge in [-0.2, -0.15) is 0 Å². The van der Waals surface area contributed by atoms with Gasteiger partial charge in [-0.25, -0.2) is 14.2 Å². The van der Waals surface area contributed by atoms with E-state index in [1.807, 2.05) is 37.3 Å². The number of halogens is 1. The SMILES string of the molecule is CCOc1ncccc1-c1ccc(N2CCNC[C@H]2CC)c(C(=O)NCCN(C)C(=O)OCc2ccccc2)c1F. The first-order chi connectivity index (χ1) is 19.9. The van der Waals surface area contributed by atoms with Crippen LogP contribution in [0.1, 0.15) is 36.2 Å². The summed E-state index contributed by atoms with van der Waals surface area (Å²) in [7, 11) is 1.59. The number of pyridine rings is 1. The standard InChI is InChI=1S/C31H38FN5O4/c1-4-23-20-33-16-19-37(23)26-14-13-24(25-12-9-15-35-30(25)40-5-2)28(32)27(26)29(38)34-17-18-36(3)31(39)41-21-22-10-7-6-8-11-22/h6-15,23,33H,4-5,16-21H2,1-3H3,(H,34,38)/t23-/m1/s1. The van der Waals surface area contributed by atoms with Crippen molar-refractivity contribution in [2.45, 2.75) is 32.9 Å². The van der Waals surface area contributed by atoms with E-state index < -0.39 is 17.8 Å². The Labute approximate surface area is 240 Å². The Bertz CT molecular complexity index is 1320. The largest absolute Gasteiger partial charge is 0.478 e. The van der Waals surface area contributed by atoms with E-state index in [2.05, 4.69) is 27.4 Å². The Morgan fingerprint density at radius 3 is 2.68 bits per heavy atom. The van der Waals surface area contributed by atoms with Crippen molar-refractivity contribution < 1.29 is 23.5 Å². The van der Waals surface area contributed by atoms with E-state index in [1.54, 1.807) is 37.5 Å². The number of likely N-dealkylation sites (N-methyl/N-ethyl adjacent to an activating group) is 1. The normalized spacial score (nSPS) is 14.8. The molecule has 0 aliphatic carbocycles. The summed E-state index contributed by atoms with van der Waals surface area (Å²) in [6.07, 6.45) is 1.91. The van der Waals surface area contributed by atoms with Gasteiger partial charge in [0.05, 0.1) is 17.9 Å². The van der Waals surface area contributed by atoms with Crippen LogP contribution in [0.4, 0.5) is 14.9 Å². The summed E-state index contributed by atoms with van der Waals surface area (Å²) in [5.74, 6) is -0.893. The summed E-state index contributed by atoms with van der Waals surface area (Å²) in [6.45, 7) is 6.86. The van der Waals surface area contributed by atoms with Gasteiger partial charge in [-0.1, -0.05) is 37.3 Å². The Hall–Kier alpha value is -4.18. The second kappa shape index (κ2) is 14.5. The first-order valence-electron chi connectivity index (χ1n) is 14.0. The number of hydrogen-bond acceptors (Lipinski definition) is 7. The molecule has 1 aliphatic heterocycles. The van der Waals surface area contributed by atoms with Crippen molar-refractivity contribution in [1.82, 2.24) is 20.5 Å². The third kappa shape index (κ3) is 7.32. The smallest absolute Gasteiger partial charge is 0.409 e. The molecule has 1 aromatic heterocycles. The van der Waals surface area contributed by atoms with E-state index in [-0.39, 0.29) is 36.9 Å². The van der Waals surface area contributed by atoms with E-state index in [1.165, 1.54) is 4.90 Å². The zero-order valence-electron chi connectivity index (χ0n) is 23.9. The number of rotatable bonds is 11. The van der Waals surface area contributed by atoms with E-state index in [4.69, 9.17) is 9.47 Å². The van der Waals surface area contributed by atoms with Crippen molar-refractivity contribution >= 4 is 17.7 Å². The number of benzene rings is 2. The van der Waals surface area contributed by atoms with Gasteiger partial charge < -0.3 is 29.9 Å². The summed E-state index contributed by atoms with van der Waals surface area (Å²) in [4.78, 5) is 33.8. The van der Waals surface area contributed by atoms with E-state index in [0.717, 1.165) is 25.1 Å². The summed E-state index contributed by atoms with van der Waals surface area (Å²) in [6, 6.07) is 16.4. The van der Waals surface area contributed by atoms with Gasteiger partial charge in [0, 0.05) is 63.1 Å². The molecular formula is C31H38FN5O4. The number of hydrogen-bond donors (Lipinski definition) is 2. The Kier molecular flexibility index (Phi) is 10.5. The van der Waals surface area contributed by atoms with Crippen molar-refractivity contribution in [3.63, 3.8) is 0 Å². The third-order valence-corrected chi connectivity index (χ3v) is 7.07. The van der Waals surface area contributed by atoms with E-state index >= 15 is 4.39 Å². The Morgan fingerprint density at radius 2 is 1.93 bits per heavy atom. The predicted octanol–water partition coefficient (Wildman–Crippen LogP) is 4.47. The first-order valence-corrected chi connectivity index (χ1v) is 14.0. The summed E-state index contributed by atoms with van der Waals surface area (Å²) in [5.41, 5.74) is 2.09. The number of ether oxygens (including phenoxy) is 2. The lowest BCUT2D eigenvalue weighted by Gasteiger charge is -2.38. The van der Waals surface area contributed by atoms with Gasteiger partial charge in [0.1, 0.15) is 12.4 Å². The van der Waals surface area contributed by atoms with Gasteiger partial charge in [0.25, 0.3) is 5.91 Å². The molecule has 0 spiro atoms. The highest BCUT2D eigenvalue weighted by molar-refractivity contribution is 6.02. The number of nitrogens with zero attached hydrogens (tertiary/aromatic N) is 3. The Balaban J connectivity index is 1.54. The lowest BCUT2D eigenvalue weighted by Crippen LogP contribution is -2.51. The number of carbonyl (C=O) groups is 2. The predicted molar refractivity (Wildman–Crippen MR) is 157 cm³/mol. The molecule has 1 fully saturated rings. The highest BCUT2D eigenvalue weighted by atomic mass is 19.1. The first kappa shape index (κ1) is 29.8.